The van der Waals surface area contributed by atoms with E-state index in [-0.39, 0.29) is 5.82 Å². The van der Waals surface area contributed by atoms with E-state index in [0.717, 1.165) is 18.3 Å². The number of rotatable bonds is 5. The lowest BCUT2D eigenvalue weighted by molar-refractivity contribution is 0.629. The van der Waals surface area contributed by atoms with Gasteiger partial charge in [-0.25, -0.2) is 4.39 Å². The molecule has 1 aliphatic rings. The van der Waals surface area contributed by atoms with E-state index in [1.165, 1.54) is 25.3 Å². The van der Waals surface area contributed by atoms with Gasteiger partial charge in [-0.2, -0.15) is 4.52 Å². The van der Waals surface area contributed by atoms with Gasteiger partial charge in [0.15, 0.2) is 11.5 Å². The van der Waals surface area contributed by atoms with Crippen molar-refractivity contribution in [2.45, 2.75) is 19.3 Å². The summed E-state index contributed by atoms with van der Waals surface area (Å²) in [5, 5.41) is 12.8. The van der Waals surface area contributed by atoms with Gasteiger partial charge in [-0.05, 0) is 36.6 Å². The molecule has 2 heterocycles. The summed E-state index contributed by atoms with van der Waals surface area (Å²) >= 11 is 0. The van der Waals surface area contributed by atoms with Gasteiger partial charge in [0.25, 0.3) is 0 Å². The van der Waals surface area contributed by atoms with Crippen molar-refractivity contribution in [3.8, 4) is 11.4 Å². The van der Waals surface area contributed by atoms with Crippen molar-refractivity contribution in [3.05, 3.63) is 42.2 Å². The normalized spacial score (nSPS) is 14.3. The Morgan fingerprint density at radius 3 is 2.78 bits per heavy atom. The van der Waals surface area contributed by atoms with Crippen molar-refractivity contribution < 1.29 is 4.39 Å². The Bertz CT molecular complexity index is 840. The summed E-state index contributed by atoms with van der Waals surface area (Å²) in [6.45, 7) is 0.973. The fourth-order valence-electron chi connectivity index (χ4n) is 2.69. The molecule has 0 spiro atoms. The number of fused-ring (bicyclic) bond motifs is 1. The molecule has 0 bridgehead atoms. The molecule has 2 aromatic heterocycles. The molecule has 1 aliphatic carbocycles. The Kier molecular flexibility index (Phi) is 3.44. The van der Waals surface area contributed by atoms with Crippen LogP contribution in [0.4, 0.5) is 10.2 Å². The Labute approximate surface area is 133 Å². The fourth-order valence-corrected chi connectivity index (χ4v) is 2.69. The highest BCUT2D eigenvalue weighted by molar-refractivity contribution is 5.60. The van der Waals surface area contributed by atoms with E-state index < -0.39 is 0 Å². The van der Waals surface area contributed by atoms with Crippen LogP contribution in [-0.4, -0.2) is 33.4 Å². The molecule has 1 fully saturated rings. The van der Waals surface area contributed by atoms with Crippen molar-refractivity contribution in [3.63, 3.8) is 0 Å². The van der Waals surface area contributed by atoms with Crippen molar-refractivity contribution in [2.24, 2.45) is 5.92 Å². The van der Waals surface area contributed by atoms with Crippen molar-refractivity contribution in [2.75, 3.05) is 18.5 Å². The summed E-state index contributed by atoms with van der Waals surface area (Å²) in [7, 11) is 2.03. The largest absolute Gasteiger partial charge is 0.358 e. The summed E-state index contributed by atoms with van der Waals surface area (Å²) in [6.07, 6.45) is 3.89. The highest BCUT2D eigenvalue weighted by Crippen LogP contribution is 2.32. The molecule has 118 valence electrons. The Balaban J connectivity index is 1.69. The van der Waals surface area contributed by atoms with Gasteiger partial charge in [0, 0.05) is 13.6 Å². The van der Waals surface area contributed by atoms with E-state index in [9.17, 15) is 4.39 Å². The zero-order valence-electron chi connectivity index (χ0n) is 13.0. The molecule has 5 nitrogen and oxygen atoms in total. The molecule has 0 unspecified atom stereocenters. The summed E-state index contributed by atoms with van der Waals surface area (Å²) in [5.41, 5.74) is 1.02. The second-order valence-corrected chi connectivity index (χ2v) is 6.12. The van der Waals surface area contributed by atoms with Gasteiger partial charge in [0.05, 0.1) is 5.56 Å². The molecular weight excluding hydrogens is 293 g/mol. The van der Waals surface area contributed by atoms with E-state index in [4.69, 9.17) is 0 Å². The third-order valence-corrected chi connectivity index (χ3v) is 4.32. The molecule has 0 atom stereocenters. The van der Waals surface area contributed by atoms with E-state index in [0.29, 0.717) is 17.0 Å². The van der Waals surface area contributed by atoms with Crippen molar-refractivity contribution in [1.82, 2.24) is 19.8 Å². The third-order valence-electron chi connectivity index (χ3n) is 4.32. The summed E-state index contributed by atoms with van der Waals surface area (Å²) in [6, 6.07) is 10.4. The van der Waals surface area contributed by atoms with Gasteiger partial charge in [0.1, 0.15) is 11.6 Å². The Morgan fingerprint density at radius 2 is 2.00 bits per heavy atom. The number of aromatic nitrogens is 4. The maximum Gasteiger partial charge on any atom is 0.188 e. The van der Waals surface area contributed by atoms with E-state index in [1.807, 2.05) is 19.2 Å². The van der Waals surface area contributed by atoms with Gasteiger partial charge >= 0.3 is 0 Å². The van der Waals surface area contributed by atoms with Crippen LogP contribution in [0.1, 0.15) is 19.3 Å². The smallest absolute Gasteiger partial charge is 0.188 e. The molecule has 6 heteroatoms. The molecule has 0 aliphatic heterocycles. The minimum absolute atomic E-state index is 0.323. The van der Waals surface area contributed by atoms with Crippen LogP contribution in [0.2, 0.25) is 0 Å². The van der Waals surface area contributed by atoms with Crippen LogP contribution in [0.15, 0.2) is 36.4 Å². The van der Waals surface area contributed by atoms with Crippen LogP contribution in [-0.2, 0) is 0 Å². The van der Waals surface area contributed by atoms with Crippen LogP contribution in [0.3, 0.4) is 0 Å². The van der Waals surface area contributed by atoms with Crippen LogP contribution >= 0.6 is 0 Å². The zero-order valence-corrected chi connectivity index (χ0v) is 13.0. The molecule has 0 saturated heterocycles. The van der Waals surface area contributed by atoms with Gasteiger partial charge in [-0.15, -0.1) is 15.3 Å². The van der Waals surface area contributed by atoms with Gasteiger partial charge in [0.2, 0.25) is 0 Å². The Hall–Kier alpha value is -2.50. The number of anilines is 1. The quantitative estimate of drug-likeness (QED) is 0.726. The van der Waals surface area contributed by atoms with Crippen LogP contribution in [0.5, 0.6) is 0 Å². The Morgan fingerprint density at radius 1 is 1.17 bits per heavy atom. The number of hydrogen-bond acceptors (Lipinski definition) is 4. The van der Waals surface area contributed by atoms with E-state index in [2.05, 4.69) is 20.2 Å². The lowest BCUT2D eigenvalue weighted by Crippen LogP contribution is -2.21. The second-order valence-electron chi connectivity index (χ2n) is 6.12. The number of nitrogens with zero attached hydrogens (tertiary/aromatic N) is 5. The highest BCUT2D eigenvalue weighted by atomic mass is 19.1. The highest BCUT2D eigenvalue weighted by Gasteiger charge is 2.21. The fraction of sp³-hybridized carbons (Fsp3) is 0.353. The van der Waals surface area contributed by atoms with E-state index >= 15 is 0 Å². The van der Waals surface area contributed by atoms with Gasteiger partial charge in [-0.1, -0.05) is 25.0 Å². The SMILES string of the molecule is CN(CCC1CC1)c1ccc2nnc(-c3ccccc3F)n2n1. The summed E-state index contributed by atoms with van der Waals surface area (Å²) in [4.78, 5) is 2.13. The van der Waals surface area contributed by atoms with Crippen LogP contribution < -0.4 is 4.90 Å². The molecule has 0 amide bonds. The first-order chi connectivity index (χ1) is 11.2. The molecule has 0 radical (unpaired) electrons. The molecule has 3 aromatic rings. The number of hydrogen-bond donors (Lipinski definition) is 0. The zero-order chi connectivity index (χ0) is 15.8. The standard InChI is InChI=1S/C17H18FN5/c1-22(11-10-12-6-7-12)16-9-8-15-19-20-17(23(15)21-16)13-4-2-3-5-14(13)18/h2-5,8-9,12H,6-7,10-11H2,1H3. The topological polar surface area (TPSA) is 46.3 Å². The lowest BCUT2D eigenvalue weighted by atomic mass is 10.2. The van der Waals surface area contributed by atoms with Crippen molar-refractivity contribution >= 4 is 11.5 Å². The van der Waals surface area contributed by atoms with Gasteiger partial charge < -0.3 is 4.90 Å². The summed E-state index contributed by atoms with van der Waals surface area (Å²) in [5.74, 6) is 1.83. The first-order valence-corrected chi connectivity index (χ1v) is 7.91. The lowest BCUT2D eigenvalue weighted by Gasteiger charge is -2.17. The van der Waals surface area contributed by atoms with Gasteiger partial charge in [-0.3, -0.25) is 0 Å². The molecule has 1 aromatic carbocycles. The first-order valence-electron chi connectivity index (χ1n) is 7.91. The van der Waals surface area contributed by atoms with E-state index in [1.54, 1.807) is 22.7 Å². The predicted molar refractivity (Wildman–Crippen MR) is 86.8 cm³/mol. The van der Waals surface area contributed by atoms with Crippen LogP contribution in [0, 0.1) is 11.7 Å². The third kappa shape index (κ3) is 2.76. The molecule has 4 rings (SSSR count). The first kappa shape index (κ1) is 14.1. The number of benzene rings is 1. The van der Waals surface area contributed by atoms with Crippen LogP contribution in [0.25, 0.3) is 17.0 Å². The predicted octanol–water partition coefficient (Wildman–Crippen LogP) is 3.17. The average molecular weight is 311 g/mol. The number of halogens is 1. The second kappa shape index (κ2) is 5.61. The minimum Gasteiger partial charge on any atom is -0.358 e. The monoisotopic (exact) mass is 311 g/mol. The summed E-state index contributed by atoms with van der Waals surface area (Å²) < 4.78 is 15.6. The molecule has 0 N–H and O–H groups in total. The molecular formula is C17H18FN5. The maximum atomic E-state index is 14.0. The minimum atomic E-state index is -0.323. The average Bonchev–Trinajstić information content (AvgIpc) is 3.31. The maximum absolute atomic E-state index is 14.0. The molecule has 23 heavy (non-hydrogen) atoms. The van der Waals surface area contributed by atoms with Crippen molar-refractivity contribution in [1.29, 1.82) is 0 Å². The molecule has 1 saturated carbocycles.